The third-order valence-corrected chi connectivity index (χ3v) is 5.76. The Morgan fingerprint density at radius 1 is 0.931 bits per heavy atom. The van der Waals surface area contributed by atoms with Crippen LogP contribution in [-0.2, 0) is 10.0 Å². The number of anilines is 1. The number of carbonyl (C=O) groups is 2. The van der Waals surface area contributed by atoms with Gasteiger partial charge in [0.1, 0.15) is 0 Å². The number of pyridine rings is 1. The lowest BCUT2D eigenvalue weighted by Gasteiger charge is -2.09. The predicted molar refractivity (Wildman–Crippen MR) is 112 cm³/mol. The molecule has 0 unspecified atom stereocenters. The smallest absolute Gasteiger partial charge is 0.257 e. The van der Waals surface area contributed by atoms with E-state index in [9.17, 15) is 18.0 Å². The summed E-state index contributed by atoms with van der Waals surface area (Å²) in [5, 5.41) is 2.67. The molecule has 3 aromatic rings. The number of aromatic nitrogens is 1. The summed E-state index contributed by atoms with van der Waals surface area (Å²) in [6, 6.07) is 15.7. The van der Waals surface area contributed by atoms with Crippen LogP contribution in [0.1, 0.15) is 20.7 Å². The zero-order valence-electron chi connectivity index (χ0n) is 15.0. The molecule has 0 radical (unpaired) electrons. The van der Waals surface area contributed by atoms with Crippen molar-refractivity contribution in [3.8, 4) is 0 Å². The minimum absolute atomic E-state index is 0.0134. The van der Waals surface area contributed by atoms with Gasteiger partial charge in [-0.1, -0.05) is 30.3 Å². The first-order valence-electron chi connectivity index (χ1n) is 8.45. The number of nitrogens with zero attached hydrogens (tertiary/aromatic N) is 1. The van der Waals surface area contributed by atoms with Gasteiger partial charge in [-0.15, -0.1) is 0 Å². The van der Waals surface area contributed by atoms with Crippen molar-refractivity contribution >= 4 is 43.3 Å². The van der Waals surface area contributed by atoms with Crippen LogP contribution in [0.4, 0.5) is 5.69 Å². The second kappa shape index (κ2) is 9.08. The van der Waals surface area contributed by atoms with Gasteiger partial charge in [0.25, 0.3) is 5.91 Å². The van der Waals surface area contributed by atoms with Crippen molar-refractivity contribution < 1.29 is 18.0 Å². The molecule has 3 rings (SSSR count). The highest BCUT2D eigenvalue weighted by atomic mass is 79.9. The van der Waals surface area contributed by atoms with Crippen LogP contribution < -0.4 is 10.0 Å². The Labute approximate surface area is 176 Å². The van der Waals surface area contributed by atoms with Gasteiger partial charge in [-0.3, -0.25) is 14.6 Å². The van der Waals surface area contributed by atoms with Crippen LogP contribution in [0, 0.1) is 0 Å². The van der Waals surface area contributed by atoms with E-state index in [1.165, 1.54) is 30.5 Å². The van der Waals surface area contributed by atoms with Gasteiger partial charge in [-0.05, 0) is 46.3 Å². The second-order valence-electron chi connectivity index (χ2n) is 5.98. The average molecular weight is 474 g/mol. The average Bonchev–Trinajstić information content (AvgIpc) is 2.73. The topological polar surface area (TPSA) is 105 Å². The SMILES string of the molecule is O=C(CNS(=O)(=O)c1ccc(NC(=O)c2cncc(Br)c2)cc1)c1ccccc1. The molecule has 0 aliphatic rings. The van der Waals surface area contributed by atoms with Crippen LogP contribution in [0.15, 0.2) is 82.4 Å². The maximum absolute atomic E-state index is 12.4. The largest absolute Gasteiger partial charge is 0.322 e. The molecule has 1 heterocycles. The quantitative estimate of drug-likeness (QED) is 0.512. The Morgan fingerprint density at radius 3 is 2.28 bits per heavy atom. The third kappa shape index (κ3) is 5.57. The first kappa shape index (κ1) is 20.8. The van der Waals surface area contributed by atoms with E-state index >= 15 is 0 Å². The lowest BCUT2D eigenvalue weighted by molar-refractivity contribution is 0.0994. The lowest BCUT2D eigenvalue weighted by atomic mass is 10.1. The fourth-order valence-electron chi connectivity index (χ4n) is 2.43. The number of sulfonamides is 1. The van der Waals surface area contributed by atoms with Crippen molar-refractivity contribution in [2.75, 3.05) is 11.9 Å². The molecule has 148 valence electrons. The van der Waals surface area contributed by atoms with E-state index < -0.39 is 10.0 Å². The molecule has 7 nitrogen and oxygen atoms in total. The van der Waals surface area contributed by atoms with Gasteiger partial charge in [0.05, 0.1) is 17.0 Å². The molecule has 0 spiro atoms. The highest BCUT2D eigenvalue weighted by Gasteiger charge is 2.16. The van der Waals surface area contributed by atoms with E-state index in [-0.39, 0.29) is 23.1 Å². The molecule has 1 amide bonds. The van der Waals surface area contributed by atoms with Crippen molar-refractivity contribution in [1.29, 1.82) is 0 Å². The van der Waals surface area contributed by atoms with E-state index in [4.69, 9.17) is 0 Å². The van der Waals surface area contributed by atoms with Gasteiger partial charge in [0.15, 0.2) is 5.78 Å². The number of amides is 1. The fourth-order valence-corrected chi connectivity index (χ4v) is 3.77. The number of hydrogen-bond acceptors (Lipinski definition) is 5. The Bertz CT molecular complexity index is 1130. The molecule has 2 N–H and O–H groups in total. The van der Waals surface area contributed by atoms with Gasteiger partial charge in [0.2, 0.25) is 10.0 Å². The monoisotopic (exact) mass is 473 g/mol. The summed E-state index contributed by atoms with van der Waals surface area (Å²) in [6.45, 7) is -0.347. The van der Waals surface area contributed by atoms with Gasteiger partial charge in [0, 0.05) is 28.1 Å². The molecule has 0 aliphatic carbocycles. The zero-order chi connectivity index (χ0) is 20.9. The Kier molecular flexibility index (Phi) is 6.53. The molecule has 0 aliphatic heterocycles. The van der Waals surface area contributed by atoms with E-state index in [2.05, 4.69) is 31.0 Å². The standard InChI is InChI=1S/C20H16BrN3O4S/c21-16-10-15(11-22-12-16)20(26)24-17-6-8-18(9-7-17)29(27,28)23-13-19(25)14-4-2-1-3-5-14/h1-12,23H,13H2,(H,24,26). The minimum atomic E-state index is -3.87. The molecule has 0 fully saturated rings. The van der Waals surface area contributed by atoms with Crippen LogP contribution in [0.2, 0.25) is 0 Å². The van der Waals surface area contributed by atoms with Crippen LogP contribution in [-0.4, -0.2) is 31.6 Å². The summed E-state index contributed by atoms with van der Waals surface area (Å²) >= 11 is 3.25. The zero-order valence-corrected chi connectivity index (χ0v) is 17.4. The molecule has 9 heteroatoms. The summed E-state index contributed by atoms with van der Waals surface area (Å²) in [4.78, 5) is 28.2. The Hall–Kier alpha value is -2.88. The van der Waals surface area contributed by atoms with Gasteiger partial charge in [-0.25, -0.2) is 13.1 Å². The molecule has 0 saturated carbocycles. The highest BCUT2D eigenvalue weighted by Crippen LogP contribution is 2.16. The molecule has 1 aromatic heterocycles. The molecular weight excluding hydrogens is 458 g/mol. The number of hydrogen-bond donors (Lipinski definition) is 2. The molecular formula is C20H16BrN3O4S. The van der Waals surface area contributed by atoms with E-state index in [1.807, 2.05) is 0 Å². The summed E-state index contributed by atoms with van der Waals surface area (Å²) in [6.07, 6.45) is 2.98. The molecule has 2 aromatic carbocycles. The number of ketones is 1. The second-order valence-corrected chi connectivity index (χ2v) is 8.67. The number of rotatable bonds is 7. The minimum Gasteiger partial charge on any atom is -0.322 e. The maximum Gasteiger partial charge on any atom is 0.257 e. The number of carbonyl (C=O) groups excluding carboxylic acids is 2. The predicted octanol–water partition coefficient (Wildman–Crippen LogP) is 3.26. The van der Waals surface area contributed by atoms with E-state index in [1.54, 1.807) is 42.6 Å². The Morgan fingerprint density at radius 2 is 1.62 bits per heavy atom. The summed E-state index contributed by atoms with van der Waals surface area (Å²) in [5.41, 5.74) is 1.21. The van der Waals surface area contributed by atoms with E-state index in [0.29, 0.717) is 21.3 Å². The van der Waals surface area contributed by atoms with Crippen LogP contribution in [0.25, 0.3) is 0 Å². The summed E-state index contributed by atoms with van der Waals surface area (Å²) < 4.78 is 27.7. The first-order valence-corrected chi connectivity index (χ1v) is 10.7. The van der Waals surface area contributed by atoms with Crippen molar-refractivity contribution in [3.63, 3.8) is 0 Å². The maximum atomic E-state index is 12.4. The fraction of sp³-hybridized carbons (Fsp3) is 0.0500. The van der Waals surface area contributed by atoms with E-state index in [0.717, 1.165) is 0 Å². The lowest BCUT2D eigenvalue weighted by Crippen LogP contribution is -2.29. The molecule has 29 heavy (non-hydrogen) atoms. The van der Waals surface area contributed by atoms with Crippen molar-refractivity contribution in [1.82, 2.24) is 9.71 Å². The third-order valence-electron chi connectivity index (χ3n) is 3.91. The Balaban J connectivity index is 1.64. The summed E-state index contributed by atoms with van der Waals surface area (Å²) in [7, 11) is -3.87. The summed E-state index contributed by atoms with van der Waals surface area (Å²) in [5.74, 6) is -0.707. The number of halogens is 1. The van der Waals surface area contributed by atoms with Crippen LogP contribution in [0.5, 0.6) is 0 Å². The van der Waals surface area contributed by atoms with Crippen LogP contribution in [0.3, 0.4) is 0 Å². The van der Waals surface area contributed by atoms with Crippen molar-refractivity contribution in [3.05, 3.63) is 88.7 Å². The van der Waals surface area contributed by atoms with Crippen LogP contribution >= 0.6 is 15.9 Å². The number of benzene rings is 2. The molecule has 0 saturated heterocycles. The molecule has 0 atom stereocenters. The first-order chi connectivity index (χ1) is 13.8. The normalized spacial score (nSPS) is 11.1. The molecule has 0 bridgehead atoms. The van der Waals surface area contributed by atoms with Gasteiger partial charge in [-0.2, -0.15) is 0 Å². The number of nitrogens with one attached hydrogen (secondary N) is 2. The van der Waals surface area contributed by atoms with Crippen molar-refractivity contribution in [2.24, 2.45) is 0 Å². The number of Topliss-reactive ketones (excluding diaryl/α,β-unsaturated/α-hetero) is 1. The highest BCUT2D eigenvalue weighted by molar-refractivity contribution is 9.10. The van der Waals surface area contributed by atoms with Gasteiger partial charge < -0.3 is 5.32 Å². The van der Waals surface area contributed by atoms with Crippen molar-refractivity contribution in [2.45, 2.75) is 4.90 Å². The van der Waals surface area contributed by atoms with Gasteiger partial charge >= 0.3 is 0 Å².